The second-order valence-corrected chi connectivity index (χ2v) is 3.34. The van der Waals surface area contributed by atoms with E-state index in [1.165, 1.54) is 0 Å². The molecule has 0 aliphatic carbocycles. The first-order valence-corrected chi connectivity index (χ1v) is 5.16. The number of anilines is 1. The quantitative estimate of drug-likeness (QED) is 0.627. The molecule has 0 amide bonds. The van der Waals surface area contributed by atoms with Crippen molar-refractivity contribution in [1.29, 1.82) is 0 Å². The summed E-state index contributed by atoms with van der Waals surface area (Å²) in [7, 11) is 0. The van der Waals surface area contributed by atoms with Gasteiger partial charge in [-0.25, -0.2) is 10.1 Å². The van der Waals surface area contributed by atoms with Crippen molar-refractivity contribution >= 4 is 17.0 Å². The molecule has 2 aromatic rings. The first kappa shape index (κ1) is 11.2. The molecule has 0 bridgehead atoms. The lowest BCUT2D eigenvalue weighted by Gasteiger charge is -1.93. The molecule has 0 radical (unpaired) electrons. The number of hydrazine groups is 1. The van der Waals surface area contributed by atoms with Crippen LogP contribution in [0.4, 0.5) is 5.69 Å². The minimum atomic E-state index is -0.588. The summed E-state index contributed by atoms with van der Waals surface area (Å²) in [6, 6.07) is 12.5. The van der Waals surface area contributed by atoms with Gasteiger partial charge < -0.3 is 0 Å². The molecule has 0 spiro atoms. The maximum Gasteiger partial charge on any atom is 0.162 e. The van der Waals surface area contributed by atoms with Crippen molar-refractivity contribution < 1.29 is 5.03 Å². The van der Waals surface area contributed by atoms with Crippen molar-refractivity contribution in [3.63, 3.8) is 0 Å². The third-order valence-electron chi connectivity index (χ3n) is 1.42. The van der Waals surface area contributed by atoms with Gasteiger partial charge in [0.2, 0.25) is 0 Å². The summed E-state index contributed by atoms with van der Waals surface area (Å²) < 4.78 is 0. The highest BCUT2D eigenvalue weighted by atomic mass is 32.1. The Morgan fingerprint density at radius 3 is 2.07 bits per heavy atom. The zero-order valence-corrected chi connectivity index (χ0v) is 8.68. The van der Waals surface area contributed by atoms with Gasteiger partial charge in [0.05, 0.1) is 0 Å². The third kappa shape index (κ3) is 5.43. The minimum absolute atomic E-state index is 0.493. The highest BCUT2D eigenvalue weighted by Crippen LogP contribution is 2.03. The van der Waals surface area contributed by atoms with Gasteiger partial charge in [0, 0.05) is 0 Å². The lowest BCUT2D eigenvalue weighted by Crippen LogP contribution is -2.06. The summed E-state index contributed by atoms with van der Waals surface area (Å²) in [5, 5.41) is 13.4. The molecule has 1 N–H and O–H groups in total. The Morgan fingerprint density at radius 2 is 1.67 bits per heavy atom. The fourth-order valence-corrected chi connectivity index (χ4v) is 1.30. The fraction of sp³-hybridized carbons (Fsp3) is 0. The van der Waals surface area contributed by atoms with Crippen LogP contribution in [0.1, 0.15) is 0 Å². The van der Waals surface area contributed by atoms with E-state index in [1.807, 2.05) is 28.3 Å². The largest absolute Gasteiger partial charge is 0.235 e. The summed E-state index contributed by atoms with van der Waals surface area (Å²) in [5.74, 6) is 0. The maximum absolute atomic E-state index is 9.86. The van der Waals surface area contributed by atoms with E-state index in [4.69, 9.17) is 0 Å². The van der Waals surface area contributed by atoms with Crippen molar-refractivity contribution in [3.05, 3.63) is 63.3 Å². The van der Waals surface area contributed by atoms with E-state index in [9.17, 15) is 10.1 Å². The number of para-hydroxylation sites is 1. The number of nitrogens with one attached hydrogen (secondary N) is 1. The van der Waals surface area contributed by atoms with Crippen molar-refractivity contribution in [2.24, 2.45) is 0 Å². The van der Waals surface area contributed by atoms with E-state index < -0.39 is 5.03 Å². The van der Waals surface area contributed by atoms with Crippen molar-refractivity contribution in [3.8, 4) is 0 Å². The number of hydrogen-bond donors (Lipinski definition) is 1. The van der Waals surface area contributed by atoms with E-state index >= 15 is 0 Å². The molecule has 5 heteroatoms. The smallest absolute Gasteiger partial charge is 0.162 e. The average Bonchev–Trinajstić information content (AvgIpc) is 2.76. The average molecular weight is 222 g/mol. The summed E-state index contributed by atoms with van der Waals surface area (Å²) >= 11 is 1.71. The van der Waals surface area contributed by atoms with Gasteiger partial charge in [-0.15, -0.1) is 5.43 Å². The highest BCUT2D eigenvalue weighted by Gasteiger charge is 1.93. The SMILES string of the molecule is O=[N+]([O-])Nc1ccccc1.c1ccsc1. The van der Waals surface area contributed by atoms with Gasteiger partial charge >= 0.3 is 0 Å². The van der Waals surface area contributed by atoms with Crippen LogP contribution in [-0.4, -0.2) is 5.03 Å². The summed E-state index contributed by atoms with van der Waals surface area (Å²) in [5.41, 5.74) is 2.52. The van der Waals surface area contributed by atoms with Crippen LogP contribution in [0.5, 0.6) is 0 Å². The number of nitrogens with zero attached hydrogens (tertiary/aromatic N) is 1. The Hall–Kier alpha value is -1.88. The molecule has 0 fully saturated rings. The van der Waals surface area contributed by atoms with E-state index in [-0.39, 0.29) is 0 Å². The normalized spacial score (nSPS) is 8.53. The van der Waals surface area contributed by atoms with Crippen molar-refractivity contribution in [2.75, 3.05) is 5.43 Å². The van der Waals surface area contributed by atoms with Gasteiger partial charge in [0.25, 0.3) is 0 Å². The Morgan fingerprint density at radius 1 is 1.07 bits per heavy atom. The Kier molecular flexibility index (Phi) is 4.89. The molecule has 78 valence electrons. The van der Waals surface area contributed by atoms with E-state index in [1.54, 1.807) is 41.7 Å². The number of hydrogen-bond acceptors (Lipinski definition) is 3. The number of benzene rings is 1. The molecular weight excluding hydrogens is 212 g/mol. The van der Waals surface area contributed by atoms with Gasteiger partial charge in [0.1, 0.15) is 5.69 Å². The molecule has 1 aromatic carbocycles. The third-order valence-corrected chi connectivity index (χ3v) is 2.05. The zero-order valence-electron chi connectivity index (χ0n) is 7.87. The van der Waals surface area contributed by atoms with Gasteiger partial charge in [-0.1, -0.05) is 30.3 Å². The second-order valence-electron chi connectivity index (χ2n) is 2.53. The molecule has 0 aliphatic rings. The van der Waals surface area contributed by atoms with Gasteiger partial charge in [0.15, 0.2) is 5.03 Å². The van der Waals surface area contributed by atoms with Crippen LogP contribution >= 0.6 is 11.3 Å². The number of thiophene rings is 1. The number of nitro groups is 1. The van der Waals surface area contributed by atoms with E-state index in [0.717, 1.165) is 0 Å². The Bertz CT molecular complexity index is 358. The first-order valence-electron chi connectivity index (χ1n) is 4.22. The standard InChI is InChI=1S/C6H6N2O2.C4H4S/c9-8(10)7-6-4-2-1-3-5-6;1-2-4-5-3-1/h1-5,7H;1-4H. The zero-order chi connectivity index (χ0) is 10.9. The Balaban J connectivity index is 0.000000187. The lowest BCUT2D eigenvalue weighted by molar-refractivity contribution is -0.445. The van der Waals surface area contributed by atoms with E-state index in [2.05, 4.69) is 0 Å². The van der Waals surface area contributed by atoms with Crippen LogP contribution in [0, 0.1) is 10.1 Å². The molecule has 1 aromatic heterocycles. The molecule has 0 atom stereocenters. The molecule has 2 rings (SSSR count). The Labute approximate surface area is 91.3 Å². The van der Waals surface area contributed by atoms with Crippen molar-refractivity contribution in [2.45, 2.75) is 0 Å². The fourth-order valence-electron chi connectivity index (χ4n) is 0.845. The van der Waals surface area contributed by atoms with Crippen LogP contribution in [0.2, 0.25) is 0 Å². The van der Waals surface area contributed by atoms with Crippen LogP contribution in [0.3, 0.4) is 0 Å². The minimum Gasteiger partial charge on any atom is -0.235 e. The maximum atomic E-state index is 9.86. The summed E-state index contributed by atoms with van der Waals surface area (Å²) in [6.45, 7) is 0. The monoisotopic (exact) mass is 222 g/mol. The topological polar surface area (TPSA) is 55.2 Å². The molecule has 0 saturated carbocycles. The van der Waals surface area contributed by atoms with Gasteiger partial charge in [-0.3, -0.25) is 0 Å². The second kappa shape index (κ2) is 6.56. The predicted molar refractivity (Wildman–Crippen MR) is 61.4 cm³/mol. The van der Waals surface area contributed by atoms with Crippen molar-refractivity contribution in [1.82, 2.24) is 0 Å². The van der Waals surface area contributed by atoms with E-state index in [0.29, 0.717) is 5.69 Å². The van der Waals surface area contributed by atoms with Crippen LogP contribution in [0.25, 0.3) is 0 Å². The summed E-state index contributed by atoms with van der Waals surface area (Å²) in [6.07, 6.45) is 0. The first-order chi connectivity index (χ1) is 7.29. The van der Waals surface area contributed by atoms with Crippen LogP contribution in [0.15, 0.2) is 53.2 Å². The molecule has 0 unspecified atom stereocenters. The van der Waals surface area contributed by atoms with Crippen LogP contribution in [-0.2, 0) is 0 Å². The van der Waals surface area contributed by atoms with Crippen LogP contribution < -0.4 is 5.43 Å². The summed E-state index contributed by atoms with van der Waals surface area (Å²) in [4.78, 5) is 9.86. The number of rotatable bonds is 2. The molecule has 0 aliphatic heterocycles. The van der Waals surface area contributed by atoms with Gasteiger partial charge in [-0.2, -0.15) is 11.3 Å². The molecule has 1 heterocycles. The molecule has 15 heavy (non-hydrogen) atoms. The van der Waals surface area contributed by atoms with Gasteiger partial charge in [-0.05, 0) is 22.9 Å². The molecular formula is C10H10N2O2S. The lowest BCUT2D eigenvalue weighted by atomic mass is 10.3. The predicted octanol–water partition coefficient (Wildman–Crippen LogP) is 3.04. The molecule has 0 saturated heterocycles. The molecule has 4 nitrogen and oxygen atoms in total. The highest BCUT2D eigenvalue weighted by molar-refractivity contribution is 7.07.